The summed E-state index contributed by atoms with van der Waals surface area (Å²) >= 11 is 0. The fourth-order valence-corrected chi connectivity index (χ4v) is 4.19. The van der Waals surface area contributed by atoms with E-state index < -0.39 is 17.6 Å². The Labute approximate surface area is 226 Å². The Balaban J connectivity index is 1.35. The van der Waals surface area contributed by atoms with Crippen LogP contribution in [0, 0.1) is 0 Å². The predicted molar refractivity (Wildman–Crippen MR) is 141 cm³/mol. The van der Waals surface area contributed by atoms with Crippen LogP contribution in [0.2, 0.25) is 0 Å². The number of pyridine rings is 1. The zero-order valence-corrected chi connectivity index (χ0v) is 21.0. The topological polar surface area (TPSA) is 139 Å². The lowest BCUT2D eigenvalue weighted by Gasteiger charge is -2.27. The molecule has 1 fully saturated rings. The molecule has 1 saturated heterocycles. The first-order chi connectivity index (χ1) is 19.2. The van der Waals surface area contributed by atoms with Gasteiger partial charge in [-0.25, -0.2) is 15.0 Å². The first-order valence-electron chi connectivity index (χ1n) is 12.3. The number of fused-ring (bicyclic) bond motifs is 1. The number of benzene rings is 1. The number of nitrogen functional groups attached to an aromatic ring is 1. The molecule has 4 N–H and O–H groups in total. The molecular formula is C27H24F3N7O3. The van der Waals surface area contributed by atoms with Crippen LogP contribution in [0.1, 0.15) is 27.2 Å². The molecule has 0 aliphatic carbocycles. The van der Waals surface area contributed by atoms with Gasteiger partial charge < -0.3 is 25.7 Å². The fourth-order valence-electron chi connectivity index (χ4n) is 4.19. The minimum atomic E-state index is -4.72. The molecule has 206 valence electrons. The summed E-state index contributed by atoms with van der Waals surface area (Å²) in [5.74, 6) is -0.203. The van der Waals surface area contributed by atoms with Crippen LogP contribution in [0.15, 0.2) is 59.4 Å². The largest absolute Gasteiger partial charge is 0.459 e. The van der Waals surface area contributed by atoms with E-state index in [1.165, 1.54) is 42.9 Å². The summed E-state index contributed by atoms with van der Waals surface area (Å²) in [5, 5.41) is 5.91. The van der Waals surface area contributed by atoms with Gasteiger partial charge in [0.2, 0.25) is 5.91 Å². The van der Waals surface area contributed by atoms with E-state index in [-0.39, 0.29) is 46.1 Å². The summed E-state index contributed by atoms with van der Waals surface area (Å²) < 4.78 is 47.3. The first-order valence-corrected chi connectivity index (χ1v) is 12.3. The number of hydrogen-bond acceptors (Lipinski definition) is 8. The SMILES string of the molecule is Nc1ccc(C=CC(=O)NCc2cc3cc(-c4ncc(C(=O)N5CCNCC5)cn4)cc(C(F)(F)F)c3o2)cn1. The molecule has 0 radical (unpaired) electrons. The number of furan rings is 1. The van der Waals surface area contributed by atoms with Gasteiger partial charge in [0.25, 0.3) is 5.91 Å². The highest BCUT2D eigenvalue weighted by Crippen LogP contribution is 2.38. The Kier molecular flexibility index (Phi) is 7.47. The van der Waals surface area contributed by atoms with Crippen molar-refractivity contribution < 1.29 is 27.2 Å². The van der Waals surface area contributed by atoms with Gasteiger partial charge in [0, 0.05) is 61.8 Å². The van der Waals surface area contributed by atoms with E-state index in [2.05, 4.69) is 25.6 Å². The summed E-state index contributed by atoms with van der Waals surface area (Å²) in [7, 11) is 0. The number of anilines is 1. The van der Waals surface area contributed by atoms with Crippen LogP contribution in [0.4, 0.5) is 19.0 Å². The maximum absolute atomic E-state index is 14.0. The average Bonchev–Trinajstić information content (AvgIpc) is 3.38. The van der Waals surface area contributed by atoms with E-state index in [9.17, 15) is 22.8 Å². The van der Waals surface area contributed by atoms with Gasteiger partial charge in [-0.1, -0.05) is 0 Å². The molecule has 3 aromatic heterocycles. The van der Waals surface area contributed by atoms with Crippen molar-refractivity contribution in [2.75, 3.05) is 31.9 Å². The Bertz CT molecular complexity index is 1560. The molecule has 13 heteroatoms. The number of nitrogens with one attached hydrogen (secondary N) is 2. The zero-order valence-electron chi connectivity index (χ0n) is 21.0. The summed E-state index contributed by atoms with van der Waals surface area (Å²) in [6.07, 6.45) is 2.19. The Morgan fingerprint density at radius 3 is 2.50 bits per heavy atom. The van der Waals surface area contributed by atoms with Crippen molar-refractivity contribution in [3.05, 3.63) is 77.4 Å². The number of alkyl halides is 3. The molecular weight excluding hydrogens is 527 g/mol. The highest BCUT2D eigenvalue weighted by atomic mass is 19.4. The van der Waals surface area contributed by atoms with Crippen LogP contribution in [-0.2, 0) is 17.5 Å². The quantitative estimate of drug-likeness (QED) is 0.311. The highest BCUT2D eigenvalue weighted by molar-refractivity contribution is 5.94. The van der Waals surface area contributed by atoms with Gasteiger partial charge in [-0.15, -0.1) is 0 Å². The molecule has 2 amide bonds. The number of rotatable bonds is 6. The third-order valence-corrected chi connectivity index (χ3v) is 6.21. The van der Waals surface area contributed by atoms with Crippen LogP contribution in [0.25, 0.3) is 28.4 Å². The van der Waals surface area contributed by atoms with Crippen molar-refractivity contribution >= 4 is 34.7 Å². The van der Waals surface area contributed by atoms with E-state index >= 15 is 0 Å². The molecule has 1 aliphatic rings. The zero-order chi connectivity index (χ0) is 28.3. The molecule has 1 aromatic carbocycles. The van der Waals surface area contributed by atoms with Gasteiger partial charge in [-0.3, -0.25) is 9.59 Å². The monoisotopic (exact) mass is 551 g/mol. The second-order valence-electron chi connectivity index (χ2n) is 9.06. The average molecular weight is 552 g/mol. The number of amides is 2. The van der Waals surface area contributed by atoms with E-state index in [1.54, 1.807) is 17.0 Å². The van der Waals surface area contributed by atoms with E-state index in [4.69, 9.17) is 10.2 Å². The van der Waals surface area contributed by atoms with E-state index in [0.717, 1.165) is 6.07 Å². The van der Waals surface area contributed by atoms with Crippen molar-refractivity contribution in [3.63, 3.8) is 0 Å². The maximum atomic E-state index is 14.0. The summed E-state index contributed by atoms with van der Waals surface area (Å²) in [6, 6.07) is 7.07. The number of carbonyl (C=O) groups excluding carboxylic acids is 2. The standard InChI is InChI=1S/C27H24F3N7O3/c28-27(29,30)21-11-18(25-35-13-19(14-36-25)26(39)37-7-5-32-6-8-37)9-17-10-20(40-24(17)21)15-34-23(38)4-2-16-1-3-22(31)33-12-16/h1-4,9-14,32H,5-8,15H2,(H2,31,33)(H,34,38). The van der Waals surface area contributed by atoms with Crippen molar-refractivity contribution in [1.82, 2.24) is 30.5 Å². The Morgan fingerprint density at radius 1 is 1.07 bits per heavy atom. The molecule has 5 rings (SSSR count). The number of hydrogen-bond donors (Lipinski definition) is 3. The van der Waals surface area contributed by atoms with Gasteiger partial charge in [0.1, 0.15) is 17.2 Å². The molecule has 4 aromatic rings. The van der Waals surface area contributed by atoms with Gasteiger partial charge in [-0.2, -0.15) is 13.2 Å². The third kappa shape index (κ3) is 6.10. The van der Waals surface area contributed by atoms with Crippen LogP contribution in [-0.4, -0.2) is 57.8 Å². The number of carbonyl (C=O) groups is 2. The van der Waals surface area contributed by atoms with Crippen molar-refractivity contribution in [2.24, 2.45) is 0 Å². The number of halogens is 3. The number of nitrogens with zero attached hydrogens (tertiary/aromatic N) is 4. The second kappa shape index (κ2) is 11.1. The van der Waals surface area contributed by atoms with Crippen LogP contribution in [0.3, 0.4) is 0 Å². The van der Waals surface area contributed by atoms with Gasteiger partial charge in [0.15, 0.2) is 5.82 Å². The van der Waals surface area contributed by atoms with Gasteiger partial charge in [0.05, 0.1) is 17.7 Å². The molecule has 0 spiro atoms. The Morgan fingerprint density at radius 2 is 1.82 bits per heavy atom. The van der Waals surface area contributed by atoms with Crippen molar-refractivity contribution in [2.45, 2.75) is 12.7 Å². The molecule has 0 atom stereocenters. The number of piperazine rings is 1. The molecule has 4 heterocycles. The van der Waals surface area contributed by atoms with Crippen molar-refractivity contribution in [3.8, 4) is 11.4 Å². The lowest BCUT2D eigenvalue weighted by Crippen LogP contribution is -2.46. The number of aromatic nitrogens is 3. The first kappa shape index (κ1) is 26.8. The van der Waals surface area contributed by atoms with E-state index in [1.807, 2.05) is 0 Å². The molecule has 40 heavy (non-hydrogen) atoms. The van der Waals surface area contributed by atoms with Crippen LogP contribution < -0.4 is 16.4 Å². The molecule has 0 saturated carbocycles. The normalized spacial score (nSPS) is 14.1. The summed E-state index contributed by atoms with van der Waals surface area (Å²) in [5.41, 5.74) is 5.18. The van der Waals surface area contributed by atoms with Crippen LogP contribution in [0.5, 0.6) is 0 Å². The predicted octanol–water partition coefficient (Wildman–Crippen LogP) is 3.26. The Hall–Kier alpha value is -4.78. The summed E-state index contributed by atoms with van der Waals surface area (Å²) in [6.45, 7) is 2.32. The minimum Gasteiger partial charge on any atom is -0.459 e. The number of nitrogens with two attached hydrogens (primary N) is 1. The molecule has 1 aliphatic heterocycles. The van der Waals surface area contributed by atoms with Gasteiger partial charge >= 0.3 is 6.18 Å². The fraction of sp³-hybridized carbons (Fsp3) is 0.222. The second-order valence-corrected chi connectivity index (χ2v) is 9.06. The van der Waals surface area contributed by atoms with Gasteiger partial charge in [-0.05, 0) is 42.0 Å². The lowest BCUT2D eigenvalue weighted by molar-refractivity contribution is -0.136. The van der Waals surface area contributed by atoms with Crippen molar-refractivity contribution in [1.29, 1.82) is 0 Å². The minimum absolute atomic E-state index is 0.0302. The lowest BCUT2D eigenvalue weighted by atomic mass is 10.1. The highest BCUT2D eigenvalue weighted by Gasteiger charge is 2.35. The summed E-state index contributed by atoms with van der Waals surface area (Å²) in [4.78, 5) is 38.8. The molecule has 0 unspecified atom stereocenters. The van der Waals surface area contributed by atoms with E-state index in [0.29, 0.717) is 37.6 Å². The van der Waals surface area contributed by atoms with Crippen LogP contribution >= 0.6 is 0 Å². The molecule has 10 nitrogen and oxygen atoms in total. The third-order valence-electron chi connectivity index (χ3n) is 6.21. The maximum Gasteiger partial charge on any atom is 0.420 e. The molecule has 0 bridgehead atoms. The smallest absolute Gasteiger partial charge is 0.420 e.